The van der Waals surface area contributed by atoms with Gasteiger partial charge in [-0.15, -0.1) is 0 Å². The third kappa shape index (κ3) is 3.31. The van der Waals surface area contributed by atoms with Crippen LogP contribution in [-0.2, 0) is 4.79 Å². The minimum atomic E-state index is -0.158. The number of hydrogen-bond donors (Lipinski definition) is 2. The number of fused-ring (bicyclic) bond motifs is 1. The standard InChI is InChI=1S/C15H16N2O2/c1-16-14(18)8-9-17-15(19)13-7-6-11-4-2-3-5-12(11)10-13/h2-7,10H,8-9H2,1H3,(H,16,18)(H,17,19). The van der Waals surface area contributed by atoms with Crippen molar-refractivity contribution < 1.29 is 9.59 Å². The van der Waals surface area contributed by atoms with Gasteiger partial charge < -0.3 is 10.6 Å². The third-order valence-corrected chi connectivity index (χ3v) is 2.93. The lowest BCUT2D eigenvalue weighted by atomic mass is 10.1. The summed E-state index contributed by atoms with van der Waals surface area (Å²) in [5.74, 6) is -0.242. The number of nitrogens with one attached hydrogen (secondary N) is 2. The van der Waals surface area contributed by atoms with Crippen LogP contribution in [0.4, 0.5) is 0 Å². The van der Waals surface area contributed by atoms with Crippen molar-refractivity contribution in [2.75, 3.05) is 13.6 Å². The Labute approximate surface area is 111 Å². The molecule has 0 aliphatic carbocycles. The number of amides is 2. The fourth-order valence-electron chi connectivity index (χ4n) is 1.85. The summed E-state index contributed by atoms with van der Waals surface area (Å²) in [7, 11) is 1.58. The van der Waals surface area contributed by atoms with E-state index in [9.17, 15) is 9.59 Å². The number of benzene rings is 2. The van der Waals surface area contributed by atoms with Crippen molar-refractivity contribution in [3.8, 4) is 0 Å². The highest BCUT2D eigenvalue weighted by atomic mass is 16.2. The molecular formula is C15H16N2O2. The highest BCUT2D eigenvalue weighted by molar-refractivity contribution is 5.98. The average Bonchev–Trinajstić information content (AvgIpc) is 2.46. The van der Waals surface area contributed by atoms with Gasteiger partial charge in [-0.2, -0.15) is 0 Å². The minimum Gasteiger partial charge on any atom is -0.359 e. The van der Waals surface area contributed by atoms with Crippen molar-refractivity contribution >= 4 is 22.6 Å². The van der Waals surface area contributed by atoms with Crippen molar-refractivity contribution in [3.63, 3.8) is 0 Å². The zero-order valence-corrected chi connectivity index (χ0v) is 10.8. The highest BCUT2D eigenvalue weighted by Gasteiger charge is 2.06. The zero-order valence-electron chi connectivity index (χ0n) is 10.8. The van der Waals surface area contributed by atoms with Crippen LogP contribution in [0.5, 0.6) is 0 Å². The van der Waals surface area contributed by atoms with Crippen LogP contribution in [-0.4, -0.2) is 25.4 Å². The molecule has 0 unspecified atom stereocenters. The van der Waals surface area contributed by atoms with Gasteiger partial charge >= 0.3 is 0 Å². The Bertz CT molecular complexity index is 608. The maximum Gasteiger partial charge on any atom is 0.251 e. The molecule has 0 spiro atoms. The first-order chi connectivity index (χ1) is 9.20. The van der Waals surface area contributed by atoms with E-state index in [1.807, 2.05) is 36.4 Å². The summed E-state index contributed by atoms with van der Waals surface area (Å²) in [6.45, 7) is 0.339. The zero-order chi connectivity index (χ0) is 13.7. The van der Waals surface area contributed by atoms with Gasteiger partial charge in [0.1, 0.15) is 0 Å². The van der Waals surface area contributed by atoms with E-state index >= 15 is 0 Å². The lowest BCUT2D eigenvalue weighted by Crippen LogP contribution is -2.29. The van der Waals surface area contributed by atoms with Crippen LogP contribution in [0, 0.1) is 0 Å². The normalized spacial score (nSPS) is 10.2. The number of hydrogen-bond acceptors (Lipinski definition) is 2. The van der Waals surface area contributed by atoms with Crippen LogP contribution in [0.2, 0.25) is 0 Å². The molecule has 0 aliphatic rings. The molecule has 0 bridgehead atoms. The molecule has 4 heteroatoms. The van der Waals surface area contributed by atoms with Gasteiger partial charge in [-0.05, 0) is 22.9 Å². The Kier molecular flexibility index (Phi) is 4.13. The molecule has 98 valence electrons. The molecule has 0 radical (unpaired) electrons. The van der Waals surface area contributed by atoms with Crippen molar-refractivity contribution in [1.82, 2.24) is 10.6 Å². The molecule has 0 aromatic heterocycles. The lowest BCUT2D eigenvalue weighted by Gasteiger charge is -2.06. The maximum absolute atomic E-state index is 11.9. The van der Waals surface area contributed by atoms with E-state index in [1.54, 1.807) is 13.1 Å². The van der Waals surface area contributed by atoms with Gasteiger partial charge in [0.25, 0.3) is 5.91 Å². The van der Waals surface area contributed by atoms with Crippen molar-refractivity contribution in [2.24, 2.45) is 0 Å². The van der Waals surface area contributed by atoms with Gasteiger partial charge in [0.15, 0.2) is 0 Å². The minimum absolute atomic E-state index is 0.0844. The highest BCUT2D eigenvalue weighted by Crippen LogP contribution is 2.15. The monoisotopic (exact) mass is 256 g/mol. The molecule has 2 N–H and O–H groups in total. The van der Waals surface area contributed by atoms with Crippen molar-refractivity contribution in [3.05, 3.63) is 48.0 Å². The van der Waals surface area contributed by atoms with Crippen LogP contribution in [0.3, 0.4) is 0 Å². The average molecular weight is 256 g/mol. The molecule has 2 amide bonds. The van der Waals surface area contributed by atoms with Crippen LogP contribution in [0.15, 0.2) is 42.5 Å². The summed E-state index contributed by atoms with van der Waals surface area (Å²) in [4.78, 5) is 23.0. The van der Waals surface area contributed by atoms with Crippen LogP contribution < -0.4 is 10.6 Å². The van der Waals surface area contributed by atoms with Gasteiger partial charge in [-0.3, -0.25) is 9.59 Å². The molecule has 2 aromatic rings. The molecule has 0 heterocycles. The second kappa shape index (κ2) is 6.00. The quantitative estimate of drug-likeness (QED) is 0.874. The predicted octanol–water partition coefficient (Wildman–Crippen LogP) is 1.71. The lowest BCUT2D eigenvalue weighted by molar-refractivity contribution is -0.120. The summed E-state index contributed by atoms with van der Waals surface area (Å²) >= 11 is 0. The molecule has 0 aliphatic heterocycles. The molecule has 4 nitrogen and oxygen atoms in total. The summed E-state index contributed by atoms with van der Waals surface area (Å²) < 4.78 is 0. The molecule has 2 aromatic carbocycles. The maximum atomic E-state index is 11.9. The Balaban J connectivity index is 2.03. The van der Waals surface area contributed by atoms with E-state index in [2.05, 4.69) is 10.6 Å². The first kappa shape index (κ1) is 13.1. The second-order valence-corrected chi connectivity index (χ2v) is 4.24. The molecule has 19 heavy (non-hydrogen) atoms. The van der Waals surface area contributed by atoms with Gasteiger partial charge in [0.2, 0.25) is 5.91 Å². The van der Waals surface area contributed by atoms with Crippen LogP contribution in [0.25, 0.3) is 10.8 Å². The molecule has 0 atom stereocenters. The number of rotatable bonds is 4. The Hall–Kier alpha value is -2.36. The van der Waals surface area contributed by atoms with Gasteiger partial charge in [-0.1, -0.05) is 30.3 Å². The molecule has 2 rings (SSSR count). The fourth-order valence-corrected chi connectivity index (χ4v) is 1.85. The molecule has 0 saturated heterocycles. The van der Waals surface area contributed by atoms with Gasteiger partial charge in [-0.25, -0.2) is 0 Å². The van der Waals surface area contributed by atoms with Crippen molar-refractivity contribution in [2.45, 2.75) is 6.42 Å². The summed E-state index contributed by atoms with van der Waals surface area (Å²) in [5.41, 5.74) is 0.607. The van der Waals surface area contributed by atoms with Crippen molar-refractivity contribution in [1.29, 1.82) is 0 Å². The summed E-state index contributed by atoms with van der Waals surface area (Å²) in [6.07, 6.45) is 0.288. The van der Waals surface area contributed by atoms with Gasteiger partial charge in [0.05, 0.1) is 0 Å². The first-order valence-corrected chi connectivity index (χ1v) is 6.18. The topological polar surface area (TPSA) is 58.2 Å². The molecule has 0 saturated carbocycles. The van der Waals surface area contributed by atoms with Crippen LogP contribution >= 0.6 is 0 Å². The Morgan fingerprint density at radius 3 is 2.53 bits per heavy atom. The van der Waals surface area contributed by atoms with E-state index in [0.717, 1.165) is 10.8 Å². The summed E-state index contributed by atoms with van der Waals surface area (Å²) in [5, 5.41) is 7.37. The third-order valence-electron chi connectivity index (χ3n) is 2.93. The van der Waals surface area contributed by atoms with E-state index < -0.39 is 0 Å². The first-order valence-electron chi connectivity index (χ1n) is 6.18. The van der Waals surface area contributed by atoms with E-state index in [4.69, 9.17) is 0 Å². The molecule has 0 fully saturated rings. The van der Waals surface area contributed by atoms with E-state index in [-0.39, 0.29) is 18.2 Å². The predicted molar refractivity (Wildman–Crippen MR) is 75.0 cm³/mol. The fraction of sp³-hybridized carbons (Fsp3) is 0.200. The largest absolute Gasteiger partial charge is 0.359 e. The Morgan fingerprint density at radius 1 is 1.05 bits per heavy atom. The summed E-state index contributed by atoms with van der Waals surface area (Å²) in [6, 6.07) is 13.4. The van der Waals surface area contributed by atoms with E-state index in [1.165, 1.54) is 0 Å². The van der Waals surface area contributed by atoms with Gasteiger partial charge in [0, 0.05) is 25.6 Å². The number of carbonyl (C=O) groups excluding carboxylic acids is 2. The molecular weight excluding hydrogens is 240 g/mol. The smallest absolute Gasteiger partial charge is 0.251 e. The number of carbonyl (C=O) groups is 2. The SMILES string of the molecule is CNC(=O)CCNC(=O)c1ccc2ccccc2c1. The Morgan fingerprint density at radius 2 is 1.79 bits per heavy atom. The second-order valence-electron chi connectivity index (χ2n) is 4.24. The van der Waals surface area contributed by atoms with E-state index in [0.29, 0.717) is 12.1 Å². The van der Waals surface area contributed by atoms with Crippen LogP contribution in [0.1, 0.15) is 16.8 Å².